The molecule has 1 atom stereocenters. The molecule has 0 unspecified atom stereocenters. The molecular formula is C12H17NO3. The maximum Gasteiger partial charge on any atom is 0.161 e. The van der Waals surface area contributed by atoms with Crippen LogP contribution < -0.4 is 14.8 Å². The fraction of sp³-hybridized carbons (Fsp3) is 0.500. The van der Waals surface area contributed by atoms with Crippen molar-refractivity contribution in [2.75, 3.05) is 20.8 Å². The van der Waals surface area contributed by atoms with E-state index in [4.69, 9.17) is 14.6 Å². The smallest absolute Gasteiger partial charge is 0.161 e. The molecule has 16 heavy (non-hydrogen) atoms. The van der Waals surface area contributed by atoms with Crippen molar-refractivity contribution in [3.05, 3.63) is 23.3 Å². The molecule has 4 nitrogen and oxygen atoms in total. The van der Waals surface area contributed by atoms with Gasteiger partial charge in [-0.15, -0.1) is 0 Å². The molecule has 88 valence electrons. The molecule has 0 spiro atoms. The maximum atomic E-state index is 9.13. The molecule has 1 aromatic carbocycles. The predicted molar refractivity (Wildman–Crippen MR) is 61.0 cm³/mol. The summed E-state index contributed by atoms with van der Waals surface area (Å²) >= 11 is 0. The number of rotatable bonds is 3. The zero-order chi connectivity index (χ0) is 11.5. The van der Waals surface area contributed by atoms with Crippen molar-refractivity contribution < 1.29 is 14.6 Å². The van der Waals surface area contributed by atoms with Gasteiger partial charge in [0.2, 0.25) is 0 Å². The Bertz CT molecular complexity index is 379. The lowest BCUT2D eigenvalue weighted by molar-refractivity contribution is 0.235. The summed E-state index contributed by atoms with van der Waals surface area (Å²) in [6.07, 6.45) is 0.826. The first-order valence-corrected chi connectivity index (χ1v) is 5.36. The second-order valence-electron chi connectivity index (χ2n) is 3.94. The van der Waals surface area contributed by atoms with Gasteiger partial charge in [-0.05, 0) is 29.7 Å². The van der Waals surface area contributed by atoms with E-state index in [1.54, 1.807) is 14.2 Å². The van der Waals surface area contributed by atoms with E-state index in [9.17, 15) is 0 Å². The molecule has 0 radical (unpaired) electrons. The van der Waals surface area contributed by atoms with Crippen LogP contribution in [-0.2, 0) is 13.0 Å². The highest BCUT2D eigenvalue weighted by Crippen LogP contribution is 2.32. The molecule has 1 aliphatic rings. The van der Waals surface area contributed by atoms with Gasteiger partial charge in [-0.3, -0.25) is 0 Å². The van der Waals surface area contributed by atoms with E-state index in [-0.39, 0.29) is 12.6 Å². The Morgan fingerprint density at radius 2 is 1.88 bits per heavy atom. The van der Waals surface area contributed by atoms with E-state index in [0.29, 0.717) is 0 Å². The molecule has 0 amide bonds. The summed E-state index contributed by atoms with van der Waals surface area (Å²) in [7, 11) is 3.27. The van der Waals surface area contributed by atoms with Crippen LogP contribution in [0.25, 0.3) is 0 Å². The third-order valence-electron chi connectivity index (χ3n) is 2.97. The number of aliphatic hydroxyl groups excluding tert-OH is 1. The molecule has 1 aromatic rings. The van der Waals surface area contributed by atoms with Gasteiger partial charge in [-0.1, -0.05) is 0 Å². The van der Waals surface area contributed by atoms with Crippen LogP contribution >= 0.6 is 0 Å². The highest BCUT2D eigenvalue weighted by atomic mass is 16.5. The lowest BCUT2D eigenvalue weighted by Crippen LogP contribution is -2.38. The highest BCUT2D eigenvalue weighted by Gasteiger charge is 2.19. The zero-order valence-corrected chi connectivity index (χ0v) is 9.62. The normalized spacial score (nSPS) is 19.1. The van der Waals surface area contributed by atoms with Crippen molar-refractivity contribution in [2.45, 2.75) is 19.0 Å². The second-order valence-corrected chi connectivity index (χ2v) is 3.94. The van der Waals surface area contributed by atoms with Crippen LogP contribution in [0.1, 0.15) is 11.1 Å². The van der Waals surface area contributed by atoms with Gasteiger partial charge in [0.25, 0.3) is 0 Å². The Kier molecular flexibility index (Phi) is 3.31. The molecule has 0 aliphatic carbocycles. The molecule has 1 heterocycles. The first-order valence-electron chi connectivity index (χ1n) is 5.36. The number of aliphatic hydroxyl groups is 1. The summed E-state index contributed by atoms with van der Waals surface area (Å²) < 4.78 is 10.5. The van der Waals surface area contributed by atoms with E-state index >= 15 is 0 Å². The fourth-order valence-corrected chi connectivity index (χ4v) is 2.04. The monoisotopic (exact) mass is 223 g/mol. The second kappa shape index (κ2) is 4.72. The number of methoxy groups -OCH3 is 2. The Balaban J connectivity index is 2.34. The summed E-state index contributed by atoms with van der Waals surface area (Å²) in [4.78, 5) is 0. The summed E-state index contributed by atoms with van der Waals surface area (Å²) in [6.45, 7) is 0.925. The van der Waals surface area contributed by atoms with E-state index in [1.807, 2.05) is 12.1 Å². The third-order valence-corrected chi connectivity index (χ3v) is 2.97. The standard InChI is InChI=1S/C12H17NO3/c1-15-11-4-8-3-10(7-14)13-6-9(8)5-12(11)16-2/h4-5,10,13-14H,3,6-7H2,1-2H3/t10-/m0/s1. The SMILES string of the molecule is COc1cc2c(cc1OC)C[C@@H](CO)NC2. The van der Waals surface area contributed by atoms with Gasteiger partial charge >= 0.3 is 0 Å². The minimum Gasteiger partial charge on any atom is -0.493 e. The first kappa shape index (κ1) is 11.2. The summed E-state index contributed by atoms with van der Waals surface area (Å²) in [5.41, 5.74) is 2.43. The average Bonchev–Trinajstić information content (AvgIpc) is 2.36. The minimum absolute atomic E-state index is 0.144. The molecule has 1 aliphatic heterocycles. The van der Waals surface area contributed by atoms with Crippen LogP contribution in [0.4, 0.5) is 0 Å². The average molecular weight is 223 g/mol. The van der Waals surface area contributed by atoms with E-state index < -0.39 is 0 Å². The number of hydrogen-bond acceptors (Lipinski definition) is 4. The van der Waals surface area contributed by atoms with Crippen molar-refractivity contribution in [1.29, 1.82) is 0 Å². The Labute approximate surface area is 95.2 Å². The fourth-order valence-electron chi connectivity index (χ4n) is 2.04. The molecule has 0 bridgehead atoms. The van der Waals surface area contributed by atoms with E-state index in [0.717, 1.165) is 24.5 Å². The van der Waals surface area contributed by atoms with E-state index in [1.165, 1.54) is 11.1 Å². The molecule has 4 heteroatoms. The van der Waals surface area contributed by atoms with Crippen LogP contribution in [0.15, 0.2) is 12.1 Å². The minimum atomic E-state index is 0.144. The molecule has 0 fully saturated rings. The van der Waals surface area contributed by atoms with Gasteiger partial charge in [-0.25, -0.2) is 0 Å². The van der Waals surface area contributed by atoms with Crippen LogP contribution in [0.3, 0.4) is 0 Å². The summed E-state index contributed by atoms with van der Waals surface area (Å²) in [6, 6.07) is 4.14. The van der Waals surface area contributed by atoms with Gasteiger partial charge in [0.1, 0.15) is 0 Å². The van der Waals surface area contributed by atoms with Crippen LogP contribution in [0.5, 0.6) is 11.5 Å². The summed E-state index contributed by atoms with van der Waals surface area (Å²) in [5, 5.41) is 12.4. The van der Waals surface area contributed by atoms with Gasteiger partial charge in [0, 0.05) is 12.6 Å². The topological polar surface area (TPSA) is 50.7 Å². The molecule has 0 saturated heterocycles. The molecule has 2 N–H and O–H groups in total. The number of benzene rings is 1. The Morgan fingerprint density at radius 3 is 2.44 bits per heavy atom. The maximum absolute atomic E-state index is 9.13. The Hall–Kier alpha value is -1.26. The van der Waals surface area contributed by atoms with E-state index in [2.05, 4.69) is 5.32 Å². The highest BCUT2D eigenvalue weighted by molar-refractivity contribution is 5.48. The van der Waals surface area contributed by atoms with Gasteiger partial charge in [-0.2, -0.15) is 0 Å². The van der Waals surface area contributed by atoms with Crippen molar-refractivity contribution in [3.8, 4) is 11.5 Å². The molecule has 2 rings (SSSR count). The first-order chi connectivity index (χ1) is 7.78. The zero-order valence-electron chi connectivity index (χ0n) is 9.62. The lowest BCUT2D eigenvalue weighted by Gasteiger charge is -2.25. The molecule has 0 aromatic heterocycles. The lowest BCUT2D eigenvalue weighted by atomic mass is 9.95. The largest absolute Gasteiger partial charge is 0.493 e. The van der Waals surface area contributed by atoms with Crippen LogP contribution in [0.2, 0.25) is 0 Å². The van der Waals surface area contributed by atoms with Gasteiger partial charge < -0.3 is 19.9 Å². The number of fused-ring (bicyclic) bond motifs is 1. The van der Waals surface area contributed by atoms with Crippen molar-refractivity contribution >= 4 is 0 Å². The van der Waals surface area contributed by atoms with Crippen LogP contribution in [0, 0.1) is 0 Å². The van der Waals surface area contributed by atoms with Gasteiger partial charge in [0.05, 0.1) is 20.8 Å². The third kappa shape index (κ3) is 1.99. The van der Waals surface area contributed by atoms with Gasteiger partial charge in [0.15, 0.2) is 11.5 Å². The quantitative estimate of drug-likeness (QED) is 0.792. The predicted octanol–water partition coefficient (Wildman–Crippen LogP) is 0.710. The number of ether oxygens (including phenoxy) is 2. The summed E-state index contributed by atoms with van der Waals surface area (Å²) in [5.74, 6) is 1.50. The van der Waals surface area contributed by atoms with Crippen molar-refractivity contribution in [2.24, 2.45) is 0 Å². The number of nitrogens with one attached hydrogen (secondary N) is 1. The Morgan fingerprint density at radius 1 is 1.25 bits per heavy atom. The van der Waals surface area contributed by atoms with Crippen molar-refractivity contribution in [1.82, 2.24) is 5.32 Å². The number of hydrogen-bond donors (Lipinski definition) is 2. The molecule has 0 saturated carbocycles. The molecular weight excluding hydrogens is 206 g/mol. The van der Waals surface area contributed by atoms with Crippen molar-refractivity contribution in [3.63, 3.8) is 0 Å². The van der Waals surface area contributed by atoms with Crippen LogP contribution in [-0.4, -0.2) is 32.0 Å².